The molecule has 4 nitrogen and oxygen atoms in total. The van der Waals surface area contributed by atoms with Gasteiger partial charge in [0.15, 0.2) is 0 Å². The van der Waals surface area contributed by atoms with Gasteiger partial charge in [-0.05, 0) is 13.3 Å². The highest BCUT2D eigenvalue weighted by molar-refractivity contribution is 5.66. The minimum absolute atomic E-state index is 0.292. The number of hydrogen-bond acceptors (Lipinski definition) is 3. The molecule has 0 rings (SSSR count). The molecule has 0 spiro atoms. The lowest BCUT2D eigenvalue weighted by Crippen LogP contribution is -2.40. The van der Waals surface area contributed by atoms with Crippen molar-refractivity contribution in [2.75, 3.05) is 0 Å². The van der Waals surface area contributed by atoms with Crippen LogP contribution in [0.15, 0.2) is 0 Å². The molecule has 2 N–H and O–H groups in total. The molecule has 0 aliphatic carbocycles. The maximum Gasteiger partial charge on any atom is 0.430 e. The van der Waals surface area contributed by atoms with Crippen LogP contribution in [-0.2, 0) is 4.79 Å². The molecule has 0 saturated carbocycles. The van der Waals surface area contributed by atoms with Crippen molar-refractivity contribution < 1.29 is 28.2 Å². The van der Waals surface area contributed by atoms with Crippen molar-refractivity contribution in [2.24, 2.45) is 0 Å². The minimum atomic E-state index is -4.86. The molecule has 7 heteroatoms. The van der Waals surface area contributed by atoms with Crippen molar-refractivity contribution in [1.29, 1.82) is 5.26 Å². The second-order valence-corrected chi connectivity index (χ2v) is 2.83. The summed E-state index contributed by atoms with van der Waals surface area (Å²) < 4.78 is 34.1. The van der Waals surface area contributed by atoms with Gasteiger partial charge in [0.1, 0.15) is 6.07 Å². The number of carboxylic acids is 1. The van der Waals surface area contributed by atoms with Gasteiger partial charge in [-0.3, -0.25) is 4.79 Å². The number of aliphatic carboxylic acids is 1. The summed E-state index contributed by atoms with van der Waals surface area (Å²) >= 11 is 0. The molecule has 88 valence electrons. The van der Waals surface area contributed by atoms with E-state index >= 15 is 0 Å². The molecule has 0 radical (unpaired) electrons. The number of carboxylic acid groups (broad SMARTS) is 1. The number of nitriles is 1. The first-order chi connectivity index (χ1) is 6.58. The Hall–Kier alpha value is -1.29. The molecule has 0 aromatic rings. The maximum absolute atomic E-state index is 11.4. The van der Waals surface area contributed by atoms with Gasteiger partial charge in [-0.2, -0.15) is 18.4 Å². The molecule has 0 aliphatic heterocycles. The first-order valence-corrected chi connectivity index (χ1v) is 4.00. The van der Waals surface area contributed by atoms with Gasteiger partial charge in [0.2, 0.25) is 5.60 Å². The highest BCUT2D eigenvalue weighted by atomic mass is 19.4. The van der Waals surface area contributed by atoms with E-state index in [1.165, 1.54) is 0 Å². The van der Waals surface area contributed by atoms with Crippen LogP contribution in [0, 0.1) is 11.3 Å². The van der Waals surface area contributed by atoms with Crippen molar-refractivity contribution in [3.63, 3.8) is 0 Å². The van der Waals surface area contributed by atoms with E-state index in [4.69, 9.17) is 15.5 Å². The zero-order valence-corrected chi connectivity index (χ0v) is 8.30. The summed E-state index contributed by atoms with van der Waals surface area (Å²) in [5.74, 6) is -0.711. The summed E-state index contributed by atoms with van der Waals surface area (Å²) in [4.78, 5) is 9.60. The average molecular weight is 227 g/mol. The van der Waals surface area contributed by atoms with Gasteiger partial charge in [0.05, 0.1) is 0 Å². The van der Waals surface area contributed by atoms with Crippen LogP contribution in [-0.4, -0.2) is 28.0 Å². The van der Waals surface area contributed by atoms with Crippen LogP contribution in [0.5, 0.6) is 0 Å². The van der Waals surface area contributed by atoms with Crippen LogP contribution in [0.3, 0.4) is 0 Å². The molecule has 0 saturated heterocycles. The van der Waals surface area contributed by atoms with Gasteiger partial charge >= 0.3 is 12.1 Å². The molecule has 0 aromatic heterocycles. The smallest absolute Gasteiger partial charge is 0.430 e. The fourth-order valence-corrected chi connectivity index (χ4v) is 0.277. The lowest BCUT2D eigenvalue weighted by atomic mass is 10.1. The van der Waals surface area contributed by atoms with Crippen LogP contribution < -0.4 is 0 Å². The average Bonchev–Trinajstić information content (AvgIpc) is 2.03. The fourth-order valence-electron chi connectivity index (χ4n) is 0.277. The summed E-state index contributed by atoms with van der Waals surface area (Å²) in [5.41, 5.74) is -3.22. The van der Waals surface area contributed by atoms with Crippen molar-refractivity contribution in [3.05, 3.63) is 0 Å². The monoisotopic (exact) mass is 227 g/mol. The van der Waals surface area contributed by atoms with Crippen LogP contribution in [0.25, 0.3) is 0 Å². The Balaban J connectivity index is 0. The predicted octanol–water partition coefficient (Wildman–Crippen LogP) is 1.69. The van der Waals surface area contributed by atoms with E-state index < -0.39 is 17.7 Å². The third-order valence-electron chi connectivity index (χ3n) is 1.23. The highest BCUT2D eigenvalue weighted by Crippen LogP contribution is 2.28. The number of nitrogens with zero attached hydrogens (tertiary/aromatic N) is 1. The molecule has 0 amide bonds. The normalized spacial score (nSPS) is 14.2. The van der Waals surface area contributed by atoms with Gasteiger partial charge in [0.25, 0.3) is 0 Å². The summed E-state index contributed by atoms with van der Waals surface area (Å²) in [5, 5.41) is 23.8. The fraction of sp³-hybridized carbons (Fsp3) is 0.750. The van der Waals surface area contributed by atoms with Gasteiger partial charge in [-0.15, -0.1) is 0 Å². The first kappa shape index (κ1) is 16.2. The second-order valence-electron chi connectivity index (χ2n) is 2.83. The number of aliphatic hydroxyl groups is 1. The van der Waals surface area contributed by atoms with E-state index in [1.54, 1.807) is 0 Å². The first-order valence-electron chi connectivity index (χ1n) is 4.00. The third kappa shape index (κ3) is 7.76. The topological polar surface area (TPSA) is 81.3 Å². The molecule has 0 aromatic carbocycles. The number of hydrogen-bond donors (Lipinski definition) is 2. The van der Waals surface area contributed by atoms with E-state index in [2.05, 4.69) is 0 Å². The quantitative estimate of drug-likeness (QED) is 0.703. The lowest BCUT2D eigenvalue weighted by Gasteiger charge is -2.16. The Labute approximate surface area is 84.9 Å². The molecule has 0 fully saturated rings. The number of alkyl halides is 3. The van der Waals surface area contributed by atoms with E-state index in [0.717, 1.165) is 6.42 Å². The molecule has 1 atom stereocenters. The number of rotatable bonds is 2. The van der Waals surface area contributed by atoms with Gasteiger partial charge in [-0.1, -0.05) is 6.92 Å². The number of carbonyl (C=O) groups is 1. The van der Waals surface area contributed by atoms with Crippen molar-refractivity contribution in [3.8, 4) is 6.07 Å². The predicted molar refractivity (Wildman–Crippen MR) is 44.8 cm³/mol. The standard InChI is InChI=1S/C4H4F3NO.C4H8O2/c1-3(9,2-8)4(5,6)7;1-2-3-4(5)6/h9H,1H3;2-3H2,1H3,(H,5,6). The van der Waals surface area contributed by atoms with Crippen molar-refractivity contribution in [2.45, 2.75) is 38.5 Å². The van der Waals surface area contributed by atoms with Crippen LogP contribution in [0.1, 0.15) is 26.7 Å². The second kappa shape index (κ2) is 6.24. The van der Waals surface area contributed by atoms with Gasteiger partial charge < -0.3 is 10.2 Å². The zero-order valence-electron chi connectivity index (χ0n) is 8.30. The van der Waals surface area contributed by atoms with Crippen LogP contribution in [0.2, 0.25) is 0 Å². The largest absolute Gasteiger partial charge is 0.481 e. The van der Waals surface area contributed by atoms with E-state index in [9.17, 15) is 18.0 Å². The Morgan fingerprint density at radius 1 is 1.47 bits per heavy atom. The van der Waals surface area contributed by atoms with E-state index in [-0.39, 0.29) is 0 Å². The van der Waals surface area contributed by atoms with E-state index in [1.807, 2.05) is 6.92 Å². The molecule has 0 aliphatic rings. The molecule has 0 heterocycles. The Kier molecular flexibility index (Phi) is 6.72. The summed E-state index contributed by atoms with van der Waals surface area (Å²) in [6.07, 6.45) is -3.84. The molecule has 15 heavy (non-hydrogen) atoms. The number of halogens is 3. The Morgan fingerprint density at radius 3 is 1.87 bits per heavy atom. The van der Waals surface area contributed by atoms with Crippen LogP contribution in [0.4, 0.5) is 13.2 Å². The maximum atomic E-state index is 11.4. The minimum Gasteiger partial charge on any atom is -0.481 e. The Bertz CT molecular complexity index is 242. The van der Waals surface area contributed by atoms with Gasteiger partial charge in [-0.25, -0.2) is 0 Å². The van der Waals surface area contributed by atoms with E-state index in [0.29, 0.717) is 19.4 Å². The molecule has 0 bridgehead atoms. The SMILES string of the molecule is CC(O)(C#N)C(F)(F)F.CCCC(=O)O. The van der Waals surface area contributed by atoms with Crippen LogP contribution >= 0.6 is 0 Å². The summed E-state index contributed by atoms with van der Waals surface area (Å²) in [6, 6.07) is 0.712. The Morgan fingerprint density at radius 2 is 1.87 bits per heavy atom. The summed E-state index contributed by atoms with van der Waals surface area (Å²) in [7, 11) is 0. The lowest BCUT2D eigenvalue weighted by molar-refractivity contribution is -0.229. The van der Waals surface area contributed by atoms with Gasteiger partial charge in [0, 0.05) is 6.42 Å². The zero-order chi connectivity index (χ0) is 12.7. The van der Waals surface area contributed by atoms with Crippen molar-refractivity contribution >= 4 is 5.97 Å². The molecular weight excluding hydrogens is 215 g/mol. The van der Waals surface area contributed by atoms with Crippen molar-refractivity contribution in [1.82, 2.24) is 0 Å². The highest BCUT2D eigenvalue weighted by Gasteiger charge is 2.50. The molecule has 1 unspecified atom stereocenters. The third-order valence-corrected chi connectivity index (χ3v) is 1.23. The summed E-state index contributed by atoms with van der Waals surface area (Å²) in [6.45, 7) is 2.24. The molecular formula is C8H12F3NO3.